The van der Waals surface area contributed by atoms with Crippen LogP contribution in [0, 0.1) is 13.8 Å². The van der Waals surface area contributed by atoms with Gasteiger partial charge in [0, 0.05) is 11.6 Å². The van der Waals surface area contributed by atoms with Gasteiger partial charge in [0.1, 0.15) is 28.4 Å². The molecule has 0 unspecified atom stereocenters. The lowest BCUT2D eigenvalue weighted by atomic mass is 9.91. The molecule has 1 aliphatic rings. The van der Waals surface area contributed by atoms with Crippen molar-refractivity contribution in [3.05, 3.63) is 56.9 Å². The fourth-order valence-electron chi connectivity index (χ4n) is 4.32. The molecule has 0 spiro atoms. The van der Waals surface area contributed by atoms with Gasteiger partial charge in [-0.2, -0.15) is 0 Å². The molecule has 1 aliphatic heterocycles. The molecule has 0 bridgehead atoms. The number of anilines is 1. The zero-order valence-electron chi connectivity index (χ0n) is 19.9. The molecule has 2 aromatic carbocycles. The van der Waals surface area contributed by atoms with E-state index in [1.54, 1.807) is 20.3 Å². The SMILES string of the molecule is COc1ccc(C)cc1NC(=O)Cc1c(C)c2c(OC)cc3c(c2oc1=O)CCC(C)(C)O3. The van der Waals surface area contributed by atoms with Crippen molar-refractivity contribution in [3.63, 3.8) is 0 Å². The predicted molar refractivity (Wildman–Crippen MR) is 127 cm³/mol. The van der Waals surface area contributed by atoms with E-state index in [-0.39, 0.29) is 17.9 Å². The summed E-state index contributed by atoms with van der Waals surface area (Å²) in [6, 6.07) is 7.35. The van der Waals surface area contributed by atoms with Crippen molar-refractivity contribution in [1.29, 1.82) is 0 Å². The van der Waals surface area contributed by atoms with Crippen molar-refractivity contribution in [1.82, 2.24) is 0 Å². The number of carbonyl (C=O) groups excluding carboxylic acids is 1. The number of benzene rings is 2. The van der Waals surface area contributed by atoms with Gasteiger partial charge in [0.25, 0.3) is 0 Å². The molecular formula is C26H29NO6. The molecule has 1 N–H and O–H groups in total. The maximum absolute atomic E-state index is 13.0. The summed E-state index contributed by atoms with van der Waals surface area (Å²) in [5.41, 5.74) is 2.96. The van der Waals surface area contributed by atoms with Crippen LogP contribution >= 0.6 is 0 Å². The van der Waals surface area contributed by atoms with Crippen LogP contribution in [0.1, 0.15) is 42.5 Å². The molecule has 1 aromatic heterocycles. The van der Waals surface area contributed by atoms with E-state index in [1.807, 2.05) is 45.9 Å². The van der Waals surface area contributed by atoms with Gasteiger partial charge in [0.15, 0.2) is 0 Å². The molecule has 0 aliphatic carbocycles. The number of fused-ring (bicyclic) bond motifs is 3. The zero-order chi connectivity index (χ0) is 23.9. The highest BCUT2D eigenvalue weighted by atomic mass is 16.5. The van der Waals surface area contributed by atoms with E-state index >= 15 is 0 Å². The van der Waals surface area contributed by atoms with Gasteiger partial charge in [-0.1, -0.05) is 6.07 Å². The molecule has 1 amide bonds. The summed E-state index contributed by atoms with van der Waals surface area (Å²) < 4.78 is 22.9. The lowest BCUT2D eigenvalue weighted by Crippen LogP contribution is -2.32. The monoisotopic (exact) mass is 451 g/mol. The van der Waals surface area contributed by atoms with Gasteiger partial charge in [0.05, 0.1) is 37.3 Å². The quantitative estimate of drug-likeness (QED) is 0.565. The smallest absolute Gasteiger partial charge is 0.340 e. The molecular weight excluding hydrogens is 422 g/mol. The van der Waals surface area contributed by atoms with E-state index in [4.69, 9.17) is 18.6 Å². The van der Waals surface area contributed by atoms with E-state index in [1.165, 1.54) is 0 Å². The first kappa shape index (κ1) is 22.7. The van der Waals surface area contributed by atoms with E-state index in [2.05, 4.69) is 5.32 Å². The van der Waals surface area contributed by atoms with Crippen LogP contribution in [0.15, 0.2) is 33.5 Å². The Labute approximate surface area is 192 Å². The maximum atomic E-state index is 13.0. The number of rotatable bonds is 5. The molecule has 4 rings (SSSR count). The Bertz CT molecular complexity index is 1300. The third-order valence-corrected chi connectivity index (χ3v) is 6.13. The minimum Gasteiger partial charge on any atom is -0.496 e. The summed E-state index contributed by atoms with van der Waals surface area (Å²) in [6.45, 7) is 7.80. The fraction of sp³-hybridized carbons (Fsp3) is 0.385. The number of carbonyl (C=O) groups is 1. The van der Waals surface area contributed by atoms with Crippen molar-refractivity contribution in [3.8, 4) is 17.2 Å². The molecule has 0 saturated carbocycles. The van der Waals surface area contributed by atoms with Crippen LogP contribution in [-0.4, -0.2) is 25.7 Å². The average Bonchev–Trinajstić information content (AvgIpc) is 2.75. The number of aryl methyl sites for hydroxylation is 3. The Morgan fingerprint density at radius 3 is 2.55 bits per heavy atom. The summed E-state index contributed by atoms with van der Waals surface area (Å²) in [6.07, 6.45) is 1.38. The Morgan fingerprint density at radius 1 is 1.12 bits per heavy atom. The predicted octanol–water partition coefficient (Wildman–Crippen LogP) is 4.71. The summed E-state index contributed by atoms with van der Waals surface area (Å²) in [5.74, 6) is 1.42. The molecule has 0 fully saturated rings. The van der Waals surface area contributed by atoms with E-state index in [0.29, 0.717) is 45.0 Å². The van der Waals surface area contributed by atoms with Crippen LogP contribution in [-0.2, 0) is 17.6 Å². The second-order valence-corrected chi connectivity index (χ2v) is 9.04. The van der Waals surface area contributed by atoms with Crippen molar-refractivity contribution in [2.24, 2.45) is 0 Å². The van der Waals surface area contributed by atoms with Gasteiger partial charge in [-0.05, 0) is 63.8 Å². The molecule has 7 heteroatoms. The van der Waals surface area contributed by atoms with Crippen LogP contribution in [0.5, 0.6) is 17.2 Å². The van der Waals surface area contributed by atoms with Crippen LogP contribution in [0.25, 0.3) is 11.0 Å². The van der Waals surface area contributed by atoms with Crippen LogP contribution in [0.2, 0.25) is 0 Å². The number of hydrogen-bond acceptors (Lipinski definition) is 6. The lowest BCUT2D eigenvalue weighted by molar-refractivity contribution is -0.115. The standard InChI is InChI=1S/C26H29NO6/c1-14-7-8-19(30-5)18(11-14)27-22(28)12-17-15(2)23-21(31-6)13-20-16(24(23)32-25(17)29)9-10-26(3,4)33-20/h7-8,11,13H,9-10,12H2,1-6H3,(H,27,28). The Hall–Kier alpha value is -3.48. The number of hydrogen-bond donors (Lipinski definition) is 1. The second-order valence-electron chi connectivity index (χ2n) is 9.04. The van der Waals surface area contributed by atoms with Crippen molar-refractivity contribution >= 4 is 22.6 Å². The van der Waals surface area contributed by atoms with Crippen molar-refractivity contribution < 1.29 is 23.4 Å². The number of nitrogens with one attached hydrogen (secondary N) is 1. The topological polar surface area (TPSA) is 87.0 Å². The van der Waals surface area contributed by atoms with Gasteiger partial charge in [-0.25, -0.2) is 4.79 Å². The van der Waals surface area contributed by atoms with Crippen LogP contribution in [0.4, 0.5) is 5.69 Å². The van der Waals surface area contributed by atoms with Gasteiger partial charge in [-0.15, -0.1) is 0 Å². The highest BCUT2D eigenvalue weighted by Gasteiger charge is 2.31. The van der Waals surface area contributed by atoms with Gasteiger partial charge < -0.3 is 23.9 Å². The first-order valence-electron chi connectivity index (χ1n) is 10.9. The Morgan fingerprint density at radius 2 is 1.85 bits per heavy atom. The van der Waals surface area contributed by atoms with Crippen LogP contribution in [0.3, 0.4) is 0 Å². The maximum Gasteiger partial charge on any atom is 0.340 e. The van der Waals surface area contributed by atoms with E-state index < -0.39 is 5.63 Å². The molecule has 2 heterocycles. The third kappa shape index (κ3) is 4.27. The zero-order valence-corrected chi connectivity index (χ0v) is 19.9. The fourth-order valence-corrected chi connectivity index (χ4v) is 4.32. The molecule has 3 aromatic rings. The first-order valence-corrected chi connectivity index (χ1v) is 10.9. The molecule has 0 saturated heterocycles. The van der Waals surface area contributed by atoms with Gasteiger partial charge >= 0.3 is 5.63 Å². The Balaban J connectivity index is 1.75. The average molecular weight is 452 g/mol. The largest absolute Gasteiger partial charge is 0.496 e. The first-order chi connectivity index (χ1) is 15.6. The summed E-state index contributed by atoms with van der Waals surface area (Å²) in [7, 11) is 3.11. The third-order valence-electron chi connectivity index (χ3n) is 6.13. The normalized spacial score (nSPS) is 14.4. The van der Waals surface area contributed by atoms with Gasteiger partial charge in [-0.3, -0.25) is 4.79 Å². The second kappa shape index (κ2) is 8.46. The number of amides is 1. The van der Waals surface area contributed by atoms with Crippen molar-refractivity contribution in [2.45, 2.75) is 52.6 Å². The Kier molecular flexibility index (Phi) is 5.82. The molecule has 174 valence electrons. The van der Waals surface area contributed by atoms with E-state index in [0.717, 1.165) is 24.0 Å². The van der Waals surface area contributed by atoms with E-state index in [9.17, 15) is 9.59 Å². The minimum absolute atomic E-state index is 0.134. The molecule has 0 atom stereocenters. The lowest BCUT2D eigenvalue weighted by Gasteiger charge is -2.33. The summed E-state index contributed by atoms with van der Waals surface area (Å²) in [4.78, 5) is 25.8. The van der Waals surface area contributed by atoms with Gasteiger partial charge in [0.2, 0.25) is 5.91 Å². The number of ether oxygens (including phenoxy) is 3. The molecule has 33 heavy (non-hydrogen) atoms. The number of methoxy groups -OCH3 is 2. The summed E-state index contributed by atoms with van der Waals surface area (Å²) in [5, 5.41) is 3.53. The summed E-state index contributed by atoms with van der Waals surface area (Å²) >= 11 is 0. The molecule has 7 nitrogen and oxygen atoms in total. The van der Waals surface area contributed by atoms with Crippen molar-refractivity contribution in [2.75, 3.05) is 19.5 Å². The van der Waals surface area contributed by atoms with Crippen LogP contribution < -0.4 is 25.2 Å². The highest BCUT2D eigenvalue weighted by molar-refractivity contribution is 5.96. The highest BCUT2D eigenvalue weighted by Crippen LogP contribution is 2.43. The minimum atomic E-state index is -0.536. The molecule has 0 radical (unpaired) electrons.